The first-order valence-electron chi connectivity index (χ1n) is 4.96. The largest absolute Gasteiger partial charge is 0.352 e. The van der Waals surface area contributed by atoms with E-state index in [0.29, 0.717) is 12.4 Å². The predicted octanol–water partition coefficient (Wildman–Crippen LogP) is 1.48. The van der Waals surface area contributed by atoms with Crippen molar-refractivity contribution in [2.45, 2.75) is 26.4 Å². The predicted molar refractivity (Wildman–Crippen MR) is 65.8 cm³/mol. The zero-order chi connectivity index (χ0) is 11.4. The van der Waals surface area contributed by atoms with Crippen molar-refractivity contribution in [1.82, 2.24) is 9.55 Å². The standard InChI is InChI=1S/C10H16BrN3O/c1-4-14-6-5-12-9(10(14)15)13(3)8(2)7-11/h5-6,8H,4,7H2,1-3H3. The van der Waals surface area contributed by atoms with Crippen LogP contribution in [0, 0.1) is 0 Å². The van der Waals surface area contributed by atoms with E-state index in [4.69, 9.17) is 0 Å². The van der Waals surface area contributed by atoms with E-state index in [1.165, 1.54) is 0 Å². The number of halogens is 1. The van der Waals surface area contributed by atoms with E-state index in [-0.39, 0.29) is 11.6 Å². The Hall–Kier alpha value is -0.840. The van der Waals surface area contributed by atoms with E-state index >= 15 is 0 Å². The fraction of sp³-hybridized carbons (Fsp3) is 0.600. The summed E-state index contributed by atoms with van der Waals surface area (Å²) in [5, 5.41) is 0.811. The van der Waals surface area contributed by atoms with Crippen molar-refractivity contribution in [3.05, 3.63) is 22.7 Å². The molecule has 0 N–H and O–H groups in total. The molecule has 0 spiro atoms. The molecule has 5 heteroatoms. The molecule has 1 unspecified atom stereocenters. The second-order valence-corrected chi connectivity index (χ2v) is 4.10. The molecule has 1 atom stereocenters. The molecule has 0 bridgehead atoms. The number of alkyl halides is 1. The highest BCUT2D eigenvalue weighted by Gasteiger charge is 2.14. The highest BCUT2D eigenvalue weighted by molar-refractivity contribution is 9.09. The first-order valence-corrected chi connectivity index (χ1v) is 6.08. The van der Waals surface area contributed by atoms with Gasteiger partial charge in [-0.15, -0.1) is 0 Å². The van der Waals surface area contributed by atoms with Gasteiger partial charge in [0, 0.05) is 37.4 Å². The monoisotopic (exact) mass is 273 g/mol. The molecule has 15 heavy (non-hydrogen) atoms. The third-order valence-electron chi connectivity index (χ3n) is 2.45. The third kappa shape index (κ3) is 2.59. The minimum atomic E-state index is -0.0321. The summed E-state index contributed by atoms with van der Waals surface area (Å²) in [4.78, 5) is 17.9. The minimum absolute atomic E-state index is 0.0321. The van der Waals surface area contributed by atoms with Crippen LogP contribution in [0.25, 0.3) is 0 Å². The van der Waals surface area contributed by atoms with Gasteiger partial charge in [0.2, 0.25) is 0 Å². The van der Waals surface area contributed by atoms with Crippen LogP contribution in [0.4, 0.5) is 5.82 Å². The van der Waals surface area contributed by atoms with Gasteiger partial charge in [-0.1, -0.05) is 15.9 Å². The highest BCUT2D eigenvalue weighted by atomic mass is 79.9. The van der Waals surface area contributed by atoms with Crippen LogP contribution in [-0.4, -0.2) is 28.0 Å². The van der Waals surface area contributed by atoms with Crippen LogP contribution in [0.3, 0.4) is 0 Å². The van der Waals surface area contributed by atoms with Crippen LogP contribution in [0.1, 0.15) is 13.8 Å². The topological polar surface area (TPSA) is 38.1 Å². The van der Waals surface area contributed by atoms with Gasteiger partial charge in [-0.25, -0.2) is 4.98 Å². The van der Waals surface area contributed by atoms with Crippen LogP contribution >= 0.6 is 15.9 Å². The summed E-state index contributed by atoms with van der Waals surface area (Å²) >= 11 is 3.39. The second-order valence-electron chi connectivity index (χ2n) is 3.46. The molecule has 0 aliphatic rings. The van der Waals surface area contributed by atoms with Crippen molar-refractivity contribution in [3.63, 3.8) is 0 Å². The van der Waals surface area contributed by atoms with Gasteiger partial charge in [0.15, 0.2) is 5.82 Å². The van der Waals surface area contributed by atoms with Crippen LogP contribution in [0.5, 0.6) is 0 Å². The summed E-state index contributed by atoms with van der Waals surface area (Å²) in [6, 6.07) is 0.248. The van der Waals surface area contributed by atoms with Crippen molar-refractivity contribution >= 4 is 21.7 Å². The fourth-order valence-corrected chi connectivity index (χ4v) is 1.67. The van der Waals surface area contributed by atoms with E-state index in [0.717, 1.165) is 5.33 Å². The van der Waals surface area contributed by atoms with Crippen molar-refractivity contribution in [3.8, 4) is 0 Å². The van der Waals surface area contributed by atoms with Gasteiger partial charge < -0.3 is 9.47 Å². The molecule has 1 heterocycles. The summed E-state index contributed by atoms with van der Waals surface area (Å²) in [5.74, 6) is 0.506. The number of aryl methyl sites for hydroxylation is 1. The van der Waals surface area contributed by atoms with Crippen LogP contribution < -0.4 is 10.5 Å². The maximum absolute atomic E-state index is 11.9. The molecule has 1 aromatic heterocycles. The lowest BCUT2D eigenvalue weighted by Crippen LogP contribution is -2.37. The SMILES string of the molecule is CCn1ccnc(N(C)C(C)CBr)c1=O. The van der Waals surface area contributed by atoms with E-state index in [1.807, 2.05) is 25.8 Å². The molecule has 0 saturated heterocycles. The smallest absolute Gasteiger partial charge is 0.293 e. The van der Waals surface area contributed by atoms with Crippen LogP contribution in [0.15, 0.2) is 17.2 Å². The summed E-state index contributed by atoms with van der Waals surface area (Å²) in [6.45, 7) is 4.66. The highest BCUT2D eigenvalue weighted by Crippen LogP contribution is 2.07. The minimum Gasteiger partial charge on any atom is -0.352 e. The molecule has 1 rings (SSSR count). The van der Waals surface area contributed by atoms with Crippen molar-refractivity contribution < 1.29 is 0 Å². The second kappa shape index (κ2) is 5.30. The molecule has 0 aliphatic carbocycles. The molecule has 4 nitrogen and oxygen atoms in total. The van der Waals surface area contributed by atoms with Gasteiger partial charge in [0.05, 0.1) is 0 Å². The van der Waals surface area contributed by atoms with Crippen molar-refractivity contribution in [1.29, 1.82) is 0 Å². The Morgan fingerprint density at radius 1 is 1.67 bits per heavy atom. The summed E-state index contributed by atoms with van der Waals surface area (Å²) in [6.07, 6.45) is 3.37. The van der Waals surface area contributed by atoms with Gasteiger partial charge in [-0.3, -0.25) is 4.79 Å². The van der Waals surface area contributed by atoms with Gasteiger partial charge in [-0.05, 0) is 13.8 Å². The number of aromatic nitrogens is 2. The zero-order valence-electron chi connectivity index (χ0n) is 9.27. The van der Waals surface area contributed by atoms with Gasteiger partial charge in [0.1, 0.15) is 0 Å². The van der Waals surface area contributed by atoms with Gasteiger partial charge in [0.25, 0.3) is 5.56 Å². The fourth-order valence-electron chi connectivity index (χ4n) is 1.24. The summed E-state index contributed by atoms with van der Waals surface area (Å²) in [7, 11) is 1.88. The van der Waals surface area contributed by atoms with Crippen molar-refractivity contribution in [2.75, 3.05) is 17.3 Å². The van der Waals surface area contributed by atoms with Gasteiger partial charge >= 0.3 is 0 Å². The molecular formula is C10H16BrN3O. The Morgan fingerprint density at radius 3 is 2.87 bits per heavy atom. The summed E-state index contributed by atoms with van der Waals surface area (Å²) in [5.41, 5.74) is -0.0321. The molecule has 0 radical (unpaired) electrons. The molecular weight excluding hydrogens is 258 g/mol. The van der Waals surface area contributed by atoms with E-state index in [1.54, 1.807) is 17.0 Å². The Morgan fingerprint density at radius 2 is 2.33 bits per heavy atom. The zero-order valence-corrected chi connectivity index (χ0v) is 10.9. The lowest BCUT2D eigenvalue weighted by atomic mass is 10.3. The molecule has 1 aromatic rings. The average Bonchev–Trinajstić information content (AvgIpc) is 2.27. The first-order chi connectivity index (χ1) is 7.11. The van der Waals surface area contributed by atoms with E-state index in [2.05, 4.69) is 20.9 Å². The maximum Gasteiger partial charge on any atom is 0.293 e. The lowest BCUT2D eigenvalue weighted by molar-refractivity contribution is 0.689. The number of hydrogen-bond donors (Lipinski definition) is 0. The number of nitrogens with zero attached hydrogens (tertiary/aromatic N) is 3. The normalized spacial score (nSPS) is 12.5. The molecule has 0 amide bonds. The first kappa shape index (κ1) is 12.2. The Balaban J connectivity index is 3.09. The Bertz CT molecular complexity index is 377. The van der Waals surface area contributed by atoms with Crippen molar-refractivity contribution in [2.24, 2.45) is 0 Å². The molecule has 0 fully saturated rings. The molecule has 0 aromatic carbocycles. The van der Waals surface area contributed by atoms with Crippen LogP contribution in [0.2, 0.25) is 0 Å². The number of rotatable bonds is 4. The molecule has 0 aliphatic heterocycles. The van der Waals surface area contributed by atoms with E-state index in [9.17, 15) is 4.79 Å². The third-order valence-corrected chi connectivity index (χ3v) is 3.39. The summed E-state index contributed by atoms with van der Waals surface area (Å²) < 4.78 is 1.65. The molecule has 0 saturated carbocycles. The number of anilines is 1. The van der Waals surface area contributed by atoms with Crippen LogP contribution in [-0.2, 0) is 6.54 Å². The Labute approximate surface area is 98.1 Å². The maximum atomic E-state index is 11.9. The molecule has 84 valence electrons. The Kier molecular flexibility index (Phi) is 4.32. The van der Waals surface area contributed by atoms with E-state index < -0.39 is 0 Å². The lowest BCUT2D eigenvalue weighted by Gasteiger charge is -2.23. The quantitative estimate of drug-likeness (QED) is 0.781. The number of hydrogen-bond acceptors (Lipinski definition) is 3. The average molecular weight is 274 g/mol. The van der Waals surface area contributed by atoms with Gasteiger partial charge in [-0.2, -0.15) is 0 Å².